The van der Waals surface area contributed by atoms with Crippen LogP contribution in [-0.2, 0) is 12.8 Å². The molecule has 3 aromatic carbocycles. The number of nitrogens with two attached hydrogens (primary N) is 1. The van der Waals surface area contributed by atoms with E-state index in [2.05, 4.69) is 59.5 Å². The number of hydrogen-bond donors (Lipinski definition) is 1. The summed E-state index contributed by atoms with van der Waals surface area (Å²) in [5, 5.41) is 2.60. The van der Waals surface area contributed by atoms with Crippen molar-refractivity contribution >= 4 is 39.9 Å². The van der Waals surface area contributed by atoms with Crippen molar-refractivity contribution in [1.82, 2.24) is 0 Å². The first-order chi connectivity index (χ1) is 12.3. The lowest BCUT2D eigenvalue weighted by Gasteiger charge is -2.29. The van der Waals surface area contributed by atoms with Crippen molar-refractivity contribution in [2.45, 2.75) is 17.7 Å². The van der Waals surface area contributed by atoms with E-state index in [0.717, 1.165) is 36.5 Å². The van der Waals surface area contributed by atoms with E-state index in [1.54, 1.807) is 0 Å². The lowest BCUT2D eigenvalue weighted by atomic mass is 10.0. The van der Waals surface area contributed by atoms with Gasteiger partial charge in [-0.05, 0) is 47.6 Å². The van der Waals surface area contributed by atoms with Gasteiger partial charge in [-0.1, -0.05) is 36.4 Å². The van der Waals surface area contributed by atoms with Crippen molar-refractivity contribution in [3.05, 3.63) is 65.7 Å². The number of thioether (sulfide) groups is 1. The van der Waals surface area contributed by atoms with E-state index in [-0.39, 0.29) is 0 Å². The zero-order valence-corrected chi connectivity index (χ0v) is 14.7. The minimum atomic E-state index is 0.575. The molecule has 3 aromatic rings. The molecule has 0 radical (unpaired) electrons. The molecule has 0 saturated carbocycles. The number of benzene rings is 3. The maximum absolute atomic E-state index is 6.44. The van der Waals surface area contributed by atoms with Gasteiger partial charge in [-0.3, -0.25) is 0 Å². The van der Waals surface area contributed by atoms with Crippen molar-refractivity contribution < 1.29 is 0 Å². The number of nitrogens with zero attached hydrogens (tertiary/aromatic N) is 2. The van der Waals surface area contributed by atoms with Gasteiger partial charge in [0.25, 0.3) is 0 Å². The molecule has 0 bridgehead atoms. The summed E-state index contributed by atoms with van der Waals surface area (Å²) in [5.41, 5.74) is 11.4. The first-order valence-electron chi connectivity index (χ1n) is 8.68. The Morgan fingerprint density at radius 2 is 1.80 bits per heavy atom. The molecule has 0 saturated heterocycles. The number of anilines is 1. The number of guanidine groups is 1. The second-order valence-electron chi connectivity index (χ2n) is 6.52. The van der Waals surface area contributed by atoms with Gasteiger partial charge in [0.15, 0.2) is 0 Å². The molecule has 0 unspecified atom stereocenters. The molecule has 1 aliphatic heterocycles. The largest absolute Gasteiger partial charge is 0.369 e. The summed E-state index contributed by atoms with van der Waals surface area (Å²) in [6, 6.07) is 19.3. The van der Waals surface area contributed by atoms with Crippen molar-refractivity contribution in [1.29, 1.82) is 0 Å². The molecule has 1 heterocycles. The second kappa shape index (κ2) is 5.81. The zero-order valence-electron chi connectivity index (χ0n) is 13.9. The summed E-state index contributed by atoms with van der Waals surface area (Å²) >= 11 is 1.88. The molecule has 3 nitrogen and oxygen atoms in total. The van der Waals surface area contributed by atoms with E-state index >= 15 is 0 Å². The lowest BCUT2D eigenvalue weighted by molar-refractivity contribution is 1.01. The average molecular weight is 345 g/mol. The van der Waals surface area contributed by atoms with Gasteiger partial charge >= 0.3 is 0 Å². The Balaban J connectivity index is 1.61. The van der Waals surface area contributed by atoms with Gasteiger partial charge in [0.2, 0.25) is 5.96 Å². The van der Waals surface area contributed by atoms with Crippen LogP contribution in [0.5, 0.6) is 0 Å². The molecule has 0 amide bonds. The average Bonchev–Trinajstić information content (AvgIpc) is 3.08. The first kappa shape index (κ1) is 14.8. The van der Waals surface area contributed by atoms with Crippen LogP contribution >= 0.6 is 11.8 Å². The fourth-order valence-electron chi connectivity index (χ4n) is 3.92. The Labute approximate surface area is 151 Å². The highest BCUT2D eigenvalue weighted by molar-refractivity contribution is 7.99. The summed E-state index contributed by atoms with van der Waals surface area (Å²) in [4.78, 5) is 8.24. The van der Waals surface area contributed by atoms with Crippen LogP contribution in [0.25, 0.3) is 10.8 Å². The van der Waals surface area contributed by atoms with Crippen LogP contribution < -0.4 is 10.6 Å². The minimum Gasteiger partial charge on any atom is -0.369 e. The van der Waals surface area contributed by atoms with Crippen LogP contribution in [0.15, 0.2) is 64.5 Å². The Bertz CT molecular complexity index is 999. The molecule has 0 fully saturated rings. The van der Waals surface area contributed by atoms with Crippen LogP contribution in [0.4, 0.5) is 11.4 Å². The topological polar surface area (TPSA) is 41.6 Å². The maximum atomic E-state index is 6.44. The third-order valence-corrected chi connectivity index (χ3v) is 6.14. The van der Waals surface area contributed by atoms with Gasteiger partial charge in [0, 0.05) is 22.6 Å². The van der Waals surface area contributed by atoms with E-state index < -0.39 is 0 Å². The van der Waals surface area contributed by atoms with Gasteiger partial charge in [0.1, 0.15) is 0 Å². The van der Waals surface area contributed by atoms with E-state index in [4.69, 9.17) is 10.7 Å². The number of fused-ring (bicyclic) bond motifs is 1. The van der Waals surface area contributed by atoms with Crippen molar-refractivity contribution in [3.8, 4) is 0 Å². The van der Waals surface area contributed by atoms with Crippen LogP contribution in [0, 0.1) is 0 Å². The van der Waals surface area contributed by atoms with E-state index in [1.807, 2.05) is 11.8 Å². The molecule has 25 heavy (non-hydrogen) atoms. The summed E-state index contributed by atoms with van der Waals surface area (Å²) < 4.78 is 0. The number of aryl methyl sites for hydroxylation is 2. The maximum Gasteiger partial charge on any atom is 0.201 e. The molecule has 0 atom stereocenters. The number of para-hydroxylation sites is 1. The summed E-state index contributed by atoms with van der Waals surface area (Å²) in [5.74, 6) is 1.60. The third-order valence-electron chi connectivity index (χ3n) is 5.09. The zero-order chi connectivity index (χ0) is 16.8. The van der Waals surface area contributed by atoms with E-state index in [1.165, 1.54) is 26.8 Å². The molecule has 4 heteroatoms. The fourth-order valence-corrected chi connectivity index (χ4v) is 4.91. The Morgan fingerprint density at radius 1 is 0.960 bits per heavy atom. The standard InChI is InChI=1S/C21H19N3S/c22-21(24-12-13-25-19-7-2-1-6-18(19)24)23-17-11-10-15-9-8-14-4-3-5-16(17)20(14)15/h1-7,10-11H,8-9,12-13H2,(H2,22,23). The van der Waals surface area contributed by atoms with Gasteiger partial charge in [0.05, 0.1) is 11.4 Å². The van der Waals surface area contributed by atoms with Gasteiger partial charge < -0.3 is 10.6 Å². The molecule has 2 N–H and O–H groups in total. The molecule has 124 valence electrons. The third kappa shape index (κ3) is 2.40. The smallest absolute Gasteiger partial charge is 0.201 e. The number of rotatable bonds is 1. The van der Waals surface area contributed by atoms with Gasteiger partial charge in [-0.15, -0.1) is 11.8 Å². The molecule has 0 spiro atoms. The van der Waals surface area contributed by atoms with Crippen LogP contribution in [0.3, 0.4) is 0 Å². The summed E-state index contributed by atoms with van der Waals surface area (Å²) in [6.07, 6.45) is 2.26. The van der Waals surface area contributed by atoms with Crippen molar-refractivity contribution in [3.63, 3.8) is 0 Å². The molecular formula is C21H19N3S. The molecule has 1 aliphatic carbocycles. The predicted molar refractivity (Wildman–Crippen MR) is 107 cm³/mol. The fraction of sp³-hybridized carbons (Fsp3) is 0.190. The Morgan fingerprint density at radius 3 is 2.72 bits per heavy atom. The quantitative estimate of drug-likeness (QED) is 0.522. The summed E-state index contributed by atoms with van der Waals surface area (Å²) in [7, 11) is 0. The number of aliphatic imine (C=N–C) groups is 1. The molecule has 2 aliphatic rings. The SMILES string of the molecule is NC(=Nc1ccc2c3c(cccc13)CC2)N1CCSc2ccccc21. The molecular weight excluding hydrogens is 326 g/mol. The van der Waals surface area contributed by atoms with Crippen LogP contribution in [0.2, 0.25) is 0 Å². The van der Waals surface area contributed by atoms with Gasteiger partial charge in [-0.2, -0.15) is 0 Å². The molecule has 5 rings (SSSR count). The van der Waals surface area contributed by atoms with Crippen molar-refractivity contribution in [2.24, 2.45) is 10.7 Å². The number of hydrogen-bond acceptors (Lipinski definition) is 2. The van der Waals surface area contributed by atoms with Crippen LogP contribution in [-0.4, -0.2) is 18.3 Å². The highest BCUT2D eigenvalue weighted by Gasteiger charge is 2.20. The Hall–Kier alpha value is -2.46. The highest BCUT2D eigenvalue weighted by Crippen LogP contribution is 2.37. The van der Waals surface area contributed by atoms with E-state index in [0.29, 0.717) is 5.96 Å². The lowest BCUT2D eigenvalue weighted by Crippen LogP contribution is -2.40. The second-order valence-corrected chi connectivity index (χ2v) is 7.66. The molecule has 0 aromatic heterocycles. The summed E-state index contributed by atoms with van der Waals surface area (Å²) in [6.45, 7) is 0.887. The Kier molecular flexibility index (Phi) is 3.45. The van der Waals surface area contributed by atoms with E-state index in [9.17, 15) is 0 Å². The highest BCUT2D eigenvalue weighted by atomic mass is 32.2. The first-order valence-corrected chi connectivity index (χ1v) is 9.67. The minimum absolute atomic E-state index is 0.575. The predicted octanol–water partition coefficient (Wildman–Crippen LogP) is 4.50. The normalized spacial score (nSPS) is 16.3. The van der Waals surface area contributed by atoms with Crippen LogP contribution in [0.1, 0.15) is 11.1 Å². The monoisotopic (exact) mass is 345 g/mol. The van der Waals surface area contributed by atoms with Crippen molar-refractivity contribution in [2.75, 3.05) is 17.2 Å². The van der Waals surface area contributed by atoms with Gasteiger partial charge in [-0.25, -0.2) is 4.99 Å².